The van der Waals surface area contributed by atoms with Crippen molar-refractivity contribution in [3.8, 4) is 23.0 Å². The van der Waals surface area contributed by atoms with Crippen LogP contribution in [0.4, 0.5) is 26.3 Å². The summed E-state index contributed by atoms with van der Waals surface area (Å²) in [7, 11) is -9.78. The van der Waals surface area contributed by atoms with E-state index in [0.29, 0.717) is 11.1 Å². The first kappa shape index (κ1) is 39.7. The summed E-state index contributed by atoms with van der Waals surface area (Å²) in [6, 6.07) is 11.4. The molecule has 0 bridgehead atoms. The fraction of sp³-hybridized carbons (Fsp3) is 0.294. The Labute approximate surface area is 304 Å². The number of halogens is 8. The molecule has 0 amide bonds. The third-order valence-electron chi connectivity index (χ3n) is 8.43. The zero-order valence-corrected chi connectivity index (χ0v) is 30.0. The summed E-state index contributed by atoms with van der Waals surface area (Å²) in [5.74, 6) is -8.72. The molecule has 2 N–H and O–H groups in total. The van der Waals surface area contributed by atoms with Crippen molar-refractivity contribution >= 4 is 42.9 Å². The number of sulfone groups is 2. The van der Waals surface area contributed by atoms with Crippen molar-refractivity contribution in [2.45, 2.75) is 72.0 Å². The van der Waals surface area contributed by atoms with Gasteiger partial charge in [0.25, 0.3) is 0 Å². The minimum atomic E-state index is -4.89. The van der Waals surface area contributed by atoms with E-state index in [9.17, 15) is 53.4 Å². The lowest BCUT2D eigenvalue weighted by molar-refractivity contribution is 0.171. The van der Waals surface area contributed by atoms with Gasteiger partial charge >= 0.3 is 11.5 Å². The Balaban J connectivity index is 0.000000201. The van der Waals surface area contributed by atoms with Crippen LogP contribution in [0, 0.1) is 11.6 Å². The molecule has 0 aromatic heterocycles. The number of hydrogen-bond acceptors (Lipinski definition) is 8. The first-order valence-corrected chi connectivity index (χ1v) is 19.1. The monoisotopic (exact) mass is 812 g/mol. The quantitative estimate of drug-likeness (QED) is 0.169. The number of hydrogen-bond donors (Lipinski definition) is 2. The third-order valence-corrected chi connectivity index (χ3v) is 11.7. The summed E-state index contributed by atoms with van der Waals surface area (Å²) in [5.41, 5.74) is 0.412. The van der Waals surface area contributed by atoms with Gasteiger partial charge in [-0.2, -0.15) is 17.6 Å². The fourth-order valence-electron chi connectivity index (χ4n) is 6.33. The van der Waals surface area contributed by atoms with Gasteiger partial charge in [0.15, 0.2) is 0 Å². The molecule has 0 saturated carbocycles. The van der Waals surface area contributed by atoms with Crippen LogP contribution >= 0.6 is 23.2 Å². The van der Waals surface area contributed by atoms with Crippen LogP contribution in [0.2, 0.25) is 10.0 Å². The highest BCUT2D eigenvalue weighted by Crippen LogP contribution is 2.50. The lowest BCUT2D eigenvalue weighted by Crippen LogP contribution is -2.15. The van der Waals surface area contributed by atoms with Gasteiger partial charge in [-0.1, -0.05) is 37.0 Å². The first-order chi connectivity index (χ1) is 24.2. The van der Waals surface area contributed by atoms with E-state index >= 15 is 0 Å². The average molecular weight is 814 g/mol. The predicted octanol–water partition coefficient (Wildman–Crippen LogP) is 9.62. The molecule has 18 heteroatoms. The summed E-state index contributed by atoms with van der Waals surface area (Å²) < 4.78 is 138. The van der Waals surface area contributed by atoms with Crippen molar-refractivity contribution in [1.82, 2.24) is 0 Å². The van der Waals surface area contributed by atoms with Crippen LogP contribution in [-0.2, 0) is 19.7 Å². The highest BCUT2D eigenvalue weighted by atomic mass is 35.5. The van der Waals surface area contributed by atoms with Gasteiger partial charge in [0, 0.05) is 44.4 Å². The van der Waals surface area contributed by atoms with Crippen molar-refractivity contribution in [2.24, 2.45) is 0 Å². The third kappa shape index (κ3) is 7.87. The smallest absolute Gasteiger partial charge is 0.341 e. The second-order valence-corrected chi connectivity index (χ2v) is 16.8. The van der Waals surface area contributed by atoms with Crippen molar-refractivity contribution in [2.75, 3.05) is 0 Å². The first-order valence-electron chi connectivity index (χ1n) is 15.2. The van der Waals surface area contributed by atoms with Crippen LogP contribution in [0.15, 0.2) is 70.5 Å². The summed E-state index contributed by atoms with van der Waals surface area (Å²) >= 11 is 11.6. The van der Waals surface area contributed by atoms with Gasteiger partial charge in [-0.25, -0.2) is 25.6 Å². The van der Waals surface area contributed by atoms with E-state index in [2.05, 4.69) is 0 Å². The van der Waals surface area contributed by atoms with Crippen LogP contribution < -0.4 is 9.47 Å². The second-order valence-electron chi connectivity index (χ2n) is 12.1. The number of rotatable bonds is 8. The predicted molar refractivity (Wildman–Crippen MR) is 178 cm³/mol. The molecule has 6 rings (SSSR count). The van der Waals surface area contributed by atoms with Gasteiger partial charge in [0.05, 0.1) is 22.0 Å². The van der Waals surface area contributed by atoms with Gasteiger partial charge in [-0.15, -0.1) is 0 Å². The highest BCUT2D eigenvalue weighted by Gasteiger charge is 2.40. The Hall–Kier alpha value is -3.54. The van der Waals surface area contributed by atoms with E-state index in [1.165, 1.54) is 24.3 Å². The van der Waals surface area contributed by atoms with Crippen LogP contribution in [0.3, 0.4) is 0 Å². The van der Waals surface area contributed by atoms with Gasteiger partial charge in [0.2, 0.25) is 19.7 Å². The lowest BCUT2D eigenvalue weighted by atomic mass is 10.0. The standard InChI is InChI=1S/2C17H14ClF3O4S/c2*1-8-4-12(22)16-14(26(23,24)17(20)21)3-2-13(15(8)16)25-11-6-9(18)5-10(19)7-11/h2*2-3,5-8,12,17,22H,4H2,1H3/t8-,12+;8-,12-/m00/s1. The molecule has 2 aliphatic rings. The maximum atomic E-state index is 13.5. The topological polar surface area (TPSA) is 127 Å². The molecular formula is C34H28Cl2F6O8S2. The normalized spacial score (nSPS) is 19.7. The fourth-order valence-corrected chi connectivity index (χ4v) is 8.76. The molecule has 280 valence electrons. The Morgan fingerprint density at radius 2 is 0.962 bits per heavy atom. The van der Waals surface area contributed by atoms with E-state index in [1.807, 2.05) is 0 Å². The van der Waals surface area contributed by atoms with E-state index in [1.54, 1.807) is 13.8 Å². The second kappa shape index (κ2) is 15.1. The molecular weight excluding hydrogens is 785 g/mol. The molecule has 0 radical (unpaired) electrons. The summed E-state index contributed by atoms with van der Waals surface area (Å²) in [6.45, 7) is 3.42. The number of ether oxygens (including phenoxy) is 2. The molecule has 52 heavy (non-hydrogen) atoms. The Morgan fingerprint density at radius 1 is 0.615 bits per heavy atom. The molecule has 0 fully saturated rings. The minimum Gasteiger partial charge on any atom is -0.457 e. The SMILES string of the molecule is C[C@H]1C[C@@H](O)c2c(S(=O)(=O)C(F)F)ccc(Oc3cc(F)cc(Cl)c3)c21.C[C@H]1C[C@H](O)c2c(S(=O)(=O)C(F)F)ccc(Oc3cc(F)cc(Cl)c3)c21. The zero-order chi connectivity index (χ0) is 38.4. The summed E-state index contributed by atoms with van der Waals surface area (Å²) in [4.78, 5) is -1.24. The van der Waals surface area contributed by atoms with Gasteiger partial charge < -0.3 is 19.7 Å². The van der Waals surface area contributed by atoms with E-state index in [4.69, 9.17) is 32.7 Å². The summed E-state index contributed by atoms with van der Waals surface area (Å²) in [5, 5.41) is 20.6. The number of fused-ring (bicyclic) bond motifs is 2. The molecule has 0 spiro atoms. The maximum Gasteiger partial charge on any atom is 0.341 e. The number of benzene rings is 4. The molecule has 2 aliphatic carbocycles. The van der Waals surface area contributed by atoms with Crippen molar-refractivity contribution in [1.29, 1.82) is 0 Å². The van der Waals surface area contributed by atoms with Gasteiger partial charge in [-0.05, 0) is 73.2 Å². The number of aliphatic hydroxyl groups excluding tert-OH is 2. The van der Waals surface area contributed by atoms with Crippen LogP contribution in [0.5, 0.6) is 23.0 Å². The molecule has 0 unspecified atom stereocenters. The molecule has 0 aliphatic heterocycles. The molecule has 4 aromatic carbocycles. The number of aliphatic hydroxyl groups is 2. The number of alkyl halides is 4. The van der Waals surface area contributed by atoms with E-state index in [-0.39, 0.29) is 68.8 Å². The molecule has 4 atom stereocenters. The molecule has 0 saturated heterocycles. The van der Waals surface area contributed by atoms with E-state index < -0.39 is 64.8 Å². The Kier molecular flexibility index (Phi) is 11.5. The van der Waals surface area contributed by atoms with Crippen molar-refractivity contribution < 1.29 is 62.9 Å². The van der Waals surface area contributed by atoms with Crippen molar-refractivity contribution in [3.63, 3.8) is 0 Å². The van der Waals surface area contributed by atoms with E-state index in [0.717, 1.165) is 36.4 Å². The minimum absolute atomic E-state index is 0.0651. The van der Waals surface area contributed by atoms with Crippen LogP contribution in [-0.4, -0.2) is 38.6 Å². The van der Waals surface area contributed by atoms with Gasteiger partial charge in [0.1, 0.15) is 34.6 Å². The zero-order valence-electron chi connectivity index (χ0n) is 26.8. The Bertz CT molecular complexity index is 2040. The maximum absolute atomic E-state index is 13.5. The van der Waals surface area contributed by atoms with Crippen molar-refractivity contribution in [3.05, 3.63) is 105 Å². The van der Waals surface area contributed by atoms with Crippen LogP contribution in [0.1, 0.15) is 73.0 Å². The molecule has 0 heterocycles. The molecule has 4 aromatic rings. The lowest BCUT2D eigenvalue weighted by Gasteiger charge is -2.17. The van der Waals surface area contributed by atoms with Crippen LogP contribution in [0.25, 0.3) is 0 Å². The van der Waals surface area contributed by atoms with Gasteiger partial charge in [-0.3, -0.25) is 0 Å². The average Bonchev–Trinajstić information content (AvgIpc) is 3.50. The summed E-state index contributed by atoms with van der Waals surface area (Å²) in [6.07, 6.45) is -2.12. The molecule has 8 nitrogen and oxygen atoms in total. The largest absolute Gasteiger partial charge is 0.457 e. The Morgan fingerprint density at radius 3 is 1.27 bits per heavy atom. The highest BCUT2D eigenvalue weighted by molar-refractivity contribution is 7.92.